The Bertz CT molecular complexity index is 494. The van der Waals surface area contributed by atoms with Gasteiger partial charge in [0.05, 0.1) is 17.6 Å². The predicted molar refractivity (Wildman–Crippen MR) is 76.7 cm³/mol. The topological polar surface area (TPSA) is 27.0 Å². The molecule has 0 amide bonds. The minimum Gasteiger partial charge on any atom is -0.370 e. The van der Waals surface area contributed by atoms with Crippen LogP contribution in [-0.4, -0.2) is 13.1 Å². The lowest BCUT2D eigenvalue weighted by molar-refractivity contribution is -0.138. The van der Waals surface area contributed by atoms with Crippen LogP contribution in [0.25, 0.3) is 0 Å². The molecule has 0 aliphatic carbocycles. The first-order valence-electron chi connectivity index (χ1n) is 6.24. The first-order chi connectivity index (χ1) is 9.33. The Morgan fingerprint density at radius 3 is 2.50 bits per heavy atom. The fraction of sp³-hybridized carbons (Fsp3) is 0.500. The van der Waals surface area contributed by atoms with Gasteiger partial charge < -0.3 is 4.90 Å². The minimum absolute atomic E-state index is 0.156. The fourth-order valence-electron chi connectivity index (χ4n) is 1.93. The summed E-state index contributed by atoms with van der Waals surface area (Å²) in [6.45, 7) is 4.57. The second kappa shape index (κ2) is 6.98. The van der Waals surface area contributed by atoms with Gasteiger partial charge in [-0.3, -0.25) is 0 Å². The summed E-state index contributed by atoms with van der Waals surface area (Å²) in [5.74, 6) is -0.236. The van der Waals surface area contributed by atoms with Crippen LogP contribution in [0.3, 0.4) is 0 Å². The van der Waals surface area contributed by atoms with Gasteiger partial charge in [0.1, 0.15) is 0 Å². The van der Waals surface area contributed by atoms with Gasteiger partial charge in [0.15, 0.2) is 0 Å². The third-order valence-electron chi connectivity index (χ3n) is 3.00. The molecule has 0 aliphatic rings. The van der Waals surface area contributed by atoms with Crippen molar-refractivity contribution in [3.8, 4) is 6.07 Å². The van der Waals surface area contributed by atoms with Crippen molar-refractivity contribution in [3.05, 3.63) is 29.3 Å². The molecular weight excluding hydrogens is 333 g/mol. The van der Waals surface area contributed by atoms with Crippen LogP contribution in [0.2, 0.25) is 0 Å². The lowest BCUT2D eigenvalue weighted by atomic mass is 10.1. The molecule has 0 saturated carbocycles. The highest BCUT2D eigenvalue weighted by Gasteiger charge is 2.33. The number of halogens is 4. The molecule has 20 heavy (non-hydrogen) atoms. The first-order valence-corrected chi connectivity index (χ1v) is 7.36. The molecule has 1 unspecified atom stereocenters. The molecule has 0 bridgehead atoms. The van der Waals surface area contributed by atoms with Crippen LogP contribution in [0, 0.1) is 17.2 Å². The molecule has 1 rings (SSSR count). The lowest BCUT2D eigenvalue weighted by Crippen LogP contribution is -2.28. The number of hydrogen-bond acceptors (Lipinski definition) is 2. The van der Waals surface area contributed by atoms with Crippen molar-refractivity contribution < 1.29 is 13.2 Å². The van der Waals surface area contributed by atoms with Gasteiger partial charge >= 0.3 is 6.18 Å². The van der Waals surface area contributed by atoms with Crippen molar-refractivity contribution in [2.45, 2.75) is 25.4 Å². The summed E-state index contributed by atoms with van der Waals surface area (Å²) in [6.07, 6.45) is -4.38. The number of nitrogens with zero attached hydrogens (tertiary/aromatic N) is 2. The lowest BCUT2D eigenvalue weighted by Gasteiger charge is -2.25. The Labute approximate surface area is 125 Å². The van der Waals surface area contributed by atoms with E-state index in [9.17, 15) is 13.2 Å². The van der Waals surface area contributed by atoms with Crippen LogP contribution in [0.15, 0.2) is 18.2 Å². The van der Waals surface area contributed by atoms with Crippen molar-refractivity contribution in [1.82, 2.24) is 0 Å². The highest BCUT2D eigenvalue weighted by Crippen LogP contribution is 2.35. The van der Waals surface area contributed by atoms with Crippen molar-refractivity contribution in [1.29, 1.82) is 5.26 Å². The van der Waals surface area contributed by atoms with Crippen molar-refractivity contribution in [2.75, 3.05) is 18.0 Å². The number of rotatable bonds is 5. The van der Waals surface area contributed by atoms with E-state index < -0.39 is 11.7 Å². The van der Waals surface area contributed by atoms with Crippen molar-refractivity contribution in [3.63, 3.8) is 0 Å². The van der Waals surface area contributed by atoms with Gasteiger partial charge in [-0.15, -0.1) is 0 Å². The van der Waals surface area contributed by atoms with Crippen molar-refractivity contribution >= 4 is 21.6 Å². The summed E-state index contributed by atoms with van der Waals surface area (Å²) >= 11 is 3.07. The third kappa shape index (κ3) is 4.14. The molecule has 0 heterocycles. The van der Waals surface area contributed by atoms with Gasteiger partial charge in [-0.2, -0.15) is 18.4 Å². The molecule has 2 nitrogen and oxygen atoms in total. The van der Waals surface area contributed by atoms with Crippen LogP contribution in [0.1, 0.15) is 25.0 Å². The SMILES string of the molecule is CCN(CC(C)C#N)c1ccc(CBr)c(C(F)(F)F)c1. The highest BCUT2D eigenvalue weighted by molar-refractivity contribution is 9.08. The molecule has 110 valence electrons. The van der Waals surface area contributed by atoms with Gasteiger partial charge in [0, 0.05) is 24.1 Å². The van der Waals surface area contributed by atoms with E-state index in [0.717, 1.165) is 6.07 Å². The Hall–Kier alpha value is -1.22. The van der Waals surface area contributed by atoms with E-state index >= 15 is 0 Å². The molecule has 6 heteroatoms. The second-order valence-corrected chi connectivity index (χ2v) is 5.10. The van der Waals surface area contributed by atoms with Crippen LogP contribution in [-0.2, 0) is 11.5 Å². The number of alkyl halides is 4. The smallest absolute Gasteiger partial charge is 0.370 e. The number of anilines is 1. The van der Waals surface area contributed by atoms with E-state index in [1.807, 2.05) is 6.92 Å². The zero-order valence-electron chi connectivity index (χ0n) is 11.3. The van der Waals surface area contributed by atoms with Gasteiger partial charge in [0.25, 0.3) is 0 Å². The Kier molecular flexibility index (Phi) is 5.88. The summed E-state index contributed by atoms with van der Waals surface area (Å²) < 4.78 is 39.1. The molecule has 0 saturated heterocycles. The zero-order chi connectivity index (χ0) is 15.3. The minimum atomic E-state index is -4.38. The summed E-state index contributed by atoms with van der Waals surface area (Å²) in [6, 6.07) is 6.40. The largest absolute Gasteiger partial charge is 0.416 e. The predicted octanol–water partition coefficient (Wildman–Crippen LogP) is 4.59. The van der Waals surface area contributed by atoms with Crippen LogP contribution >= 0.6 is 15.9 Å². The molecule has 1 aromatic carbocycles. The Balaban J connectivity index is 3.16. The molecule has 0 aliphatic heterocycles. The zero-order valence-corrected chi connectivity index (χ0v) is 12.9. The average Bonchev–Trinajstić information content (AvgIpc) is 2.42. The van der Waals surface area contributed by atoms with Crippen LogP contribution in [0.5, 0.6) is 0 Å². The maximum Gasteiger partial charge on any atom is 0.416 e. The highest BCUT2D eigenvalue weighted by atomic mass is 79.9. The number of hydrogen-bond donors (Lipinski definition) is 0. The molecule has 0 fully saturated rings. The molecule has 0 radical (unpaired) electrons. The van der Waals surface area contributed by atoms with Crippen LogP contribution < -0.4 is 4.90 Å². The Morgan fingerprint density at radius 2 is 2.05 bits per heavy atom. The van der Waals surface area contributed by atoms with E-state index in [-0.39, 0.29) is 16.8 Å². The van der Waals surface area contributed by atoms with E-state index in [4.69, 9.17) is 5.26 Å². The molecule has 0 aromatic heterocycles. The monoisotopic (exact) mass is 348 g/mol. The fourth-order valence-corrected chi connectivity index (χ4v) is 2.42. The average molecular weight is 349 g/mol. The summed E-state index contributed by atoms with van der Waals surface area (Å²) in [5, 5.41) is 8.98. The second-order valence-electron chi connectivity index (χ2n) is 4.54. The third-order valence-corrected chi connectivity index (χ3v) is 3.61. The standard InChI is InChI=1S/C14H16BrF3N2/c1-3-20(9-10(2)8-19)12-5-4-11(7-15)13(6-12)14(16,17)18/h4-6,10H,3,7,9H2,1-2H3. The maximum atomic E-state index is 13.0. The molecule has 1 atom stereocenters. The van der Waals surface area contributed by atoms with Gasteiger partial charge in [0.2, 0.25) is 0 Å². The molecule has 0 N–H and O–H groups in total. The van der Waals surface area contributed by atoms with E-state index in [1.165, 1.54) is 6.07 Å². The van der Waals surface area contributed by atoms with Gasteiger partial charge in [-0.1, -0.05) is 22.0 Å². The van der Waals surface area contributed by atoms with E-state index in [0.29, 0.717) is 18.8 Å². The van der Waals surface area contributed by atoms with Crippen molar-refractivity contribution in [2.24, 2.45) is 5.92 Å². The van der Waals surface area contributed by atoms with Gasteiger partial charge in [-0.05, 0) is 31.5 Å². The van der Waals surface area contributed by atoms with Crippen LogP contribution in [0.4, 0.5) is 18.9 Å². The van der Waals surface area contributed by atoms with E-state index in [1.54, 1.807) is 17.9 Å². The Morgan fingerprint density at radius 1 is 1.40 bits per heavy atom. The number of nitriles is 1. The number of benzene rings is 1. The molecule has 1 aromatic rings. The maximum absolute atomic E-state index is 13.0. The molecular formula is C14H16BrF3N2. The van der Waals surface area contributed by atoms with E-state index in [2.05, 4.69) is 22.0 Å². The summed E-state index contributed by atoms with van der Waals surface area (Å²) in [5.41, 5.74) is 0.0761. The normalized spacial score (nSPS) is 12.8. The molecule has 0 spiro atoms. The first kappa shape index (κ1) is 16.8. The quantitative estimate of drug-likeness (QED) is 0.728. The van der Waals surface area contributed by atoms with Gasteiger partial charge in [-0.25, -0.2) is 0 Å². The summed E-state index contributed by atoms with van der Waals surface area (Å²) in [4.78, 5) is 1.78. The summed E-state index contributed by atoms with van der Waals surface area (Å²) in [7, 11) is 0.